The molecule has 0 aliphatic carbocycles. The highest BCUT2D eigenvalue weighted by atomic mass is 79.9. The minimum atomic E-state index is -1.04. The number of anilines is 1. The predicted octanol–water partition coefficient (Wildman–Crippen LogP) is 6.41. The number of carbonyl (C=O) groups is 1. The molecule has 7 heteroatoms. The van der Waals surface area contributed by atoms with E-state index in [2.05, 4.69) is 26.4 Å². The highest BCUT2D eigenvalue weighted by Crippen LogP contribution is 2.35. The molecule has 29 heavy (non-hydrogen) atoms. The molecule has 0 saturated carbocycles. The third-order valence-corrected chi connectivity index (χ3v) is 5.84. The van der Waals surface area contributed by atoms with Crippen molar-refractivity contribution in [1.82, 2.24) is 4.98 Å². The number of halogens is 1. The van der Waals surface area contributed by atoms with Crippen molar-refractivity contribution in [2.24, 2.45) is 0 Å². The third kappa shape index (κ3) is 3.93. The molecule has 0 atom stereocenters. The largest absolute Gasteiger partial charge is 0.478 e. The Morgan fingerprint density at radius 1 is 0.966 bits per heavy atom. The Bertz CT molecular complexity index is 1210. The fourth-order valence-corrected chi connectivity index (χ4v) is 4.32. The Hall–Kier alpha value is -3.00. The summed E-state index contributed by atoms with van der Waals surface area (Å²) in [6.07, 6.45) is 0. The van der Waals surface area contributed by atoms with Gasteiger partial charge in [0.1, 0.15) is 5.01 Å². The minimum Gasteiger partial charge on any atom is -0.478 e. The van der Waals surface area contributed by atoms with Gasteiger partial charge in [-0.15, -0.1) is 11.3 Å². The number of thiazole rings is 1. The van der Waals surface area contributed by atoms with E-state index in [1.807, 2.05) is 35.7 Å². The molecule has 1 heterocycles. The van der Waals surface area contributed by atoms with Crippen LogP contribution in [-0.2, 0) is 0 Å². The summed E-state index contributed by atoms with van der Waals surface area (Å²) in [7, 11) is 0. The summed E-state index contributed by atoms with van der Waals surface area (Å²) >= 11 is 4.93. The summed E-state index contributed by atoms with van der Waals surface area (Å²) in [5, 5.41) is 21.8. The predicted molar refractivity (Wildman–Crippen MR) is 118 cm³/mol. The Morgan fingerprint density at radius 3 is 2.55 bits per heavy atom. The molecule has 0 aliphatic rings. The number of para-hydroxylation sites is 1. The zero-order valence-corrected chi connectivity index (χ0v) is 17.4. The molecule has 3 N–H and O–H groups in total. The molecule has 0 spiro atoms. The van der Waals surface area contributed by atoms with Crippen molar-refractivity contribution in [1.29, 1.82) is 0 Å². The van der Waals surface area contributed by atoms with E-state index in [1.54, 1.807) is 36.4 Å². The van der Waals surface area contributed by atoms with Gasteiger partial charge in [0.25, 0.3) is 0 Å². The second-order valence-corrected chi connectivity index (χ2v) is 8.04. The Morgan fingerprint density at radius 2 is 1.79 bits per heavy atom. The van der Waals surface area contributed by atoms with Gasteiger partial charge < -0.3 is 5.11 Å². The van der Waals surface area contributed by atoms with Gasteiger partial charge in [0.15, 0.2) is 0 Å². The van der Waals surface area contributed by atoms with Crippen LogP contribution >= 0.6 is 27.3 Å². The number of carboxylic acid groups (broad SMARTS) is 1. The van der Waals surface area contributed by atoms with Crippen LogP contribution in [0, 0.1) is 0 Å². The average Bonchev–Trinajstić information content (AvgIpc) is 3.23. The van der Waals surface area contributed by atoms with Crippen LogP contribution in [0.2, 0.25) is 0 Å². The molecule has 1 aromatic heterocycles. The molecular weight excluding hydrogens is 452 g/mol. The molecule has 4 aromatic rings. The van der Waals surface area contributed by atoms with Gasteiger partial charge in [-0.3, -0.25) is 10.7 Å². The van der Waals surface area contributed by atoms with Gasteiger partial charge in [0.2, 0.25) is 0 Å². The zero-order valence-electron chi connectivity index (χ0n) is 15.0. The standard InChI is InChI=1S/C22H15BrN2O3S/c23-15-5-3-4-13(10-15)20-12-29-21(24-20)14-8-9-16(18(11-14)22(26)27)17-6-1-2-7-19(17)25-28/h1-12,25,28H,(H,26,27). The molecule has 0 bridgehead atoms. The number of aromatic carboxylic acids is 1. The van der Waals surface area contributed by atoms with Crippen molar-refractivity contribution in [2.45, 2.75) is 0 Å². The average molecular weight is 467 g/mol. The van der Waals surface area contributed by atoms with E-state index < -0.39 is 5.97 Å². The zero-order chi connectivity index (χ0) is 20.4. The number of rotatable bonds is 5. The lowest BCUT2D eigenvalue weighted by Crippen LogP contribution is -2.02. The SMILES string of the molecule is O=C(O)c1cc(-c2nc(-c3cccc(Br)c3)cs2)ccc1-c1ccccc1NO. The molecule has 4 rings (SSSR count). The molecule has 0 radical (unpaired) electrons. The Balaban J connectivity index is 1.77. The Kier molecular flexibility index (Phi) is 5.44. The molecule has 0 aliphatic heterocycles. The van der Waals surface area contributed by atoms with Crippen LogP contribution in [-0.4, -0.2) is 21.3 Å². The highest BCUT2D eigenvalue weighted by molar-refractivity contribution is 9.10. The summed E-state index contributed by atoms with van der Waals surface area (Å²) in [4.78, 5) is 16.6. The first-order chi connectivity index (χ1) is 14.1. The fraction of sp³-hybridized carbons (Fsp3) is 0. The van der Waals surface area contributed by atoms with Crippen LogP contribution < -0.4 is 5.48 Å². The van der Waals surface area contributed by atoms with E-state index in [9.17, 15) is 15.1 Å². The van der Waals surface area contributed by atoms with Gasteiger partial charge in [-0.2, -0.15) is 0 Å². The summed E-state index contributed by atoms with van der Waals surface area (Å²) in [5.74, 6) is -1.04. The summed E-state index contributed by atoms with van der Waals surface area (Å²) in [5.41, 5.74) is 6.38. The maximum Gasteiger partial charge on any atom is 0.336 e. The van der Waals surface area contributed by atoms with Gasteiger partial charge in [0, 0.05) is 26.5 Å². The van der Waals surface area contributed by atoms with Crippen molar-refractivity contribution in [2.75, 3.05) is 5.48 Å². The van der Waals surface area contributed by atoms with Crippen LogP contribution in [0.3, 0.4) is 0 Å². The van der Waals surface area contributed by atoms with Crippen LogP contribution in [0.25, 0.3) is 33.0 Å². The third-order valence-electron chi connectivity index (χ3n) is 4.46. The van der Waals surface area contributed by atoms with Gasteiger partial charge in [-0.25, -0.2) is 9.78 Å². The number of nitrogens with zero attached hydrogens (tertiary/aromatic N) is 1. The van der Waals surface area contributed by atoms with E-state index in [0.29, 0.717) is 16.8 Å². The van der Waals surface area contributed by atoms with Crippen LogP contribution in [0.1, 0.15) is 10.4 Å². The number of nitrogens with one attached hydrogen (secondary N) is 1. The molecule has 0 amide bonds. The van der Waals surface area contributed by atoms with Gasteiger partial charge >= 0.3 is 5.97 Å². The van der Waals surface area contributed by atoms with Crippen molar-refractivity contribution in [3.63, 3.8) is 0 Å². The summed E-state index contributed by atoms with van der Waals surface area (Å²) in [6, 6.07) is 20.1. The maximum atomic E-state index is 11.9. The van der Waals surface area contributed by atoms with Crippen molar-refractivity contribution in [3.8, 4) is 33.0 Å². The van der Waals surface area contributed by atoms with E-state index in [4.69, 9.17) is 0 Å². The van der Waals surface area contributed by atoms with Crippen LogP contribution in [0.15, 0.2) is 76.6 Å². The molecule has 5 nitrogen and oxygen atoms in total. The first-order valence-electron chi connectivity index (χ1n) is 8.65. The lowest BCUT2D eigenvalue weighted by molar-refractivity contribution is 0.0698. The van der Waals surface area contributed by atoms with E-state index in [1.165, 1.54) is 11.3 Å². The maximum absolute atomic E-state index is 11.9. The molecule has 0 saturated heterocycles. The summed E-state index contributed by atoms with van der Waals surface area (Å²) in [6.45, 7) is 0. The number of benzene rings is 3. The Labute approximate surface area is 179 Å². The number of aromatic nitrogens is 1. The van der Waals surface area contributed by atoms with Crippen molar-refractivity contribution >= 4 is 38.9 Å². The van der Waals surface area contributed by atoms with E-state index in [-0.39, 0.29) is 5.56 Å². The van der Waals surface area contributed by atoms with Crippen molar-refractivity contribution < 1.29 is 15.1 Å². The molecule has 0 fully saturated rings. The number of hydrogen-bond donors (Lipinski definition) is 3. The lowest BCUT2D eigenvalue weighted by Gasteiger charge is -2.12. The van der Waals surface area contributed by atoms with Gasteiger partial charge in [0.05, 0.1) is 16.9 Å². The minimum absolute atomic E-state index is 0.143. The van der Waals surface area contributed by atoms with Crippen LogP contribution in [0.4, 0.5) is 5.69 Å². The molecule has 144 valence electrons. The first kappa shape index (κ1) is 19.3. The highest BCUT2D eigenvalue weighted by Gasteiger charge is 2.17. The van der Waals surface area contributed by atoms with E-state index in [0.717, 1.165) is 26.3 Å². The number of carboxylic acids is 1. The van der Waals surface area contributed by atoms with Crippen LogP contribution in [0.5, 0.6) is 0 Å². The van der Waals surface area contributed by atoms with Gasteiger partial charge in [-0.05, 0) is 29.8 Å². The molecular formula is C22H15BrN2O3S. The second-order valence-electron chi connectivity index (χ2n) is 6.27. The lowest BCUT2D eigenvalue weighted by atomic mass is 9.96. The topological polar surface area (TPSA) is 82.5 Å². The fourth-order valence-electron chi connectivity index (χ4n) is 3.09. The summed E-state index contributed by atoms with van der Waals surface area (Å²) < 4.78 is 0.971. The smallest absolute Gasteiger partial charge is 0.336 e. The van der Waals surface area contributed by atoms with Gasteiger partial charge in [-0.1, -0.05) is 58.4 Å². The molecule has 0 unspecified atom stereocenters. The number of hydrogen-bond acceptors (Lipinski definition) is 5. The second kappa shape index (κ2) is 8.16. The normalized spacial score (nSPS) is 10.7. The monoisotopic (exact) mass is 466 g/mol. The quantitative estimate of drug-likeness (QED) is 0.296. The van der Waals surface area contributed by atoms with E-state index >= 15 is 0 Å². The molecule has 3 aromatic carbocycles. The first-order valence-corrected chi connectivity index (χ1v) is 10.3. The van der Waals surface area contributed by atoms with Crippen molar-refractivity contribution in [3.05, 3.63) is 82.1 Å².